The van der Waals surface area contributed by atoms with Crippen molar-refractivity contribution in [1.29, 1.82) is 0 Å². The van der Waals surface area contributed by atoms with Gasteiger partial charge in [-0.25, -0.2) is 0 Å². The molecule has 0 saturated heterocycles. The second kappa shape index (κ2) is 7.31. The van der Waals surface area contributed by atoms with Crippen LogP contribution in [-0.2, 0) is 0 Å². The van der Waals surface area contributed by atoms with Gasteiger partial charge < -0.3 is 18.9 Å². The predicted octanol–water partition coefficient (Wildman–Crippen LogP) is 5.69. The molecule has 0 radical (unpaired) electrons. The number of hydrogen-bond acceptors (Lipinski definition) is 4. The minimum absolute atomic E-state index is 0.761. The van der Waals surface area contributed by atoms with Gasteiger partial charge in [-0.05, 0) is 41.1 Å². The van der Waals surface area contributed by atoms with E-state index < -0.39 is 0 Å². The Bertz CT molecular complexity index is 1160. The highest BCUT2D eigenvalue weighted by Crippen LogP contribution is 2.45. The molecule has 0 spiro atoms. The smallest absolute Gasteiger partial charge is 0.134 e. The fraction of sp³-hybridized carbons (Fsp3) is 0.167. The van der Waals surface area contributed by atoms with Crippen LogP contribution in [0.3, 0.4) is 0 Å². The van der Waals surface area contributed by atoms with Crippen molar-refractivity contribution in [3.05, 3.63) is 60.7 Å². The fourth-order valence-electron chi connectivity index (χ4n) is 3.67. The van der Waals surface area contributed by atoms with E-state index in [1.165, 1.54) is 0 Å². The van der Waals surface area contributed by atoms with Crippen molar-refractivity contribution in [2.45, 2.75) is 0 Å². The lowest BCUT2D eigenvalue weighted by atomic mass is 9.95. The largest absolute Gasteiger partial charge is 0.497 e. The third-order valence-electron chi connectivity index (χ3n) is 5.04. The average Bonchev–Trinajstić information content (AvgIpc) is 2.76. The standard InChI is InChI=1S/C24H22O4/c1-25-17-10-9-15-12-20(22(26-2)13-16(15)11-17)21-14-23(27-3)18-7-5-6-8-19(18)24(21)28-4/h5-14H,1-4H3. The van der Waals surface area contributed by atoms with E-state index in [-0.39, 0.29) is 0 Å². The molecule has 142 valence electrons. The van der Waals surface area contributed by atoms with Crippen LogP contribution in [0, 0.1) is 0 Å². The number of benzene rings is 4. The highest BCUT2D eigenvalue weighted by Gasteiger charge is 2.18. The highest BCUT2D eigenvalue weighted by atomic mass is 16.5. The lowest BCUT2D eigenvalue weighted by Gasteiger charge is -2.18. The SMILES string of the molecule is COc1ccc2cc(-c3cc(OC)c4ccccc4c3OC)c(OC)cc2c1. The summed E-state index contributed by atoms with van der Waals surface area (Å²) in [6.07, 6.45) is 0. The van der Waals surface area contributed by atoms with Crippen LogP contribution < -0.4 is 18.9 Å². The Balaban J connectivity index is 2.05. The topological polar surface area (TPSA) is 36.9 Å². The molecule has 4 aromatic rings. The lowest BCUT2D eigenvalue weighted by molar-refractivity contribution is 0.408. The highest BCUT2D eigenvalue weighted by molar-refractivity contribution is 6.02. The molecule has 0 saturated carbocycles. The molecule has 0 aliphatic rings. The van der Waals surface area contributed by atoms with Crippen LogP contribution in [0.1, 0.15) is 0 Å². The van der Waals surface area contributed by atoms with E-state index in [1.54, 1.807) is 28.4 Å². The third-order valence-corrected chi connectivity index (χ3v) is 5.04. The van der Waals surface area contributed by atoms with Gasteiger partial charge in [0.2, 0.25) is 0 Å². The van der Waals surface area contributed by atoms with Gasteiger partial charge in [0.25, 0.3) is 0 Å². The van der Waals surface area contributed by atoms with Crippen molar-refractivity contribution in [3.63, 3.8) is 0 Å². The van der Waals surface area contributed by atoms with Gasteiger partial charge in [0.15, 0.2) is 0 Å². The molecule has 0 aliphatic carbocycles. The second-order valence-electron chi connectivity index (χ2n) is 6.47. The molecule has 28 heavy (non-hydrogen) atoms. The molecule has 0 atom stereocenters. The van der Waals surface area contributed by atoms with Gasteiger partial charge in [0.1, 0.15) is 23.0 Å². The normalized spacial score (nSPS) is 10.9. The van der Waals surface area contributed by atoms with Gasteiger partial charge in [-0.2, -0.15) is 0 Å². The molecule has 0 aromatic heterocycles. The van der Waals surface area contributed by atoms with Crippen LogP contribution in [0.15, 0.2) is 60.7 Å². The number of rotatable bonds is 5. The van der Waals surface area contributed by atoms with Gasteiger partial charge in [-0.3, -0.25) is 0 Å². The molecule has 4 heteroatoms. The van der Waals surface area contributed by atoms with E-state index in [0.29, 0.717) is 0 Å². The van der Waals surface area contributed by atoms with Crippen molar-refractivity contribution in [1.82, 2.24) is 0 Å². The Morgan fingerprint density at radius 1 is 0.536 bits per heavy atom. The summed E-state index contributed by atoms with van der Waals surface area (Å²) in [5.74, 6) is 3.16. The molecule has 4 aromatic carbocycles. The van der Waals surface area contributed by atoms with Crippen molar-refractivity contribution in [2.75, 3.05) is 28.4 Å². The summed E-state index contributed by atoms with van der Waals surface area (Å²) >= 11 is 0. The lowest BCUT2D eigenvalue weighted by Crippen LogP contribution is -1.96. The van der Waals surface area contributed by atoms with Gasteiger partial charge in [-0.1, -0.05) is 30.3 Å². The Labute approximate surface area is 164 Å². The summed E-state index contributed by atoms with van der Waals surface area (Å²) in [5.41, 5.74) is 1.87. The number of ether oxygens (including phenoxy) is 4. The first-order valence-corrected chi connectivity index (χ1v) is 9.00. The van der Waals surface area contributed by atoms with Crippen LogP contribution >= 0.6 is 0 Å². The first-order valence-electron chi connectivity index (χ1n) is 9.00. The molecular weight excluding hydrogens is 352 g/mol. The molecular formula is C24H22O4. The maximum atomic E-state index is 5.83. The monoisotopic (exact) mass is 374 g/mol. The summed E-state index contributed by atoms with van der Waals surface area (Å²) in [6, 6.07) is 20.2. The van der Waals surface area contributed by atoms with Crippen LogP contribution in [0.5, 0.6) is 23.0 Å². The average molecular weight is 374 g/mol. The van der Waals surface area contributed by atoms with Crippen molar-refractivity contribution in [3.8, 4) is 34.1 Å². The predicted molar refractivity (Wildman–Crippen MR) is 113 cm³/mol. The Kier molecular flexibility index (Phi) is 4.70. The summed E-state index contributed by atoms with van der Waals surface area (Å²) in [5, 5.41) is 4.14. The second-order valence-corrected chi connectivity index (χ2v) is 6.47. The maximum absolute atomic E-state index is 5.83. The van der Waals surface area contributed by atoms with E-state index in [2.05, 4.69) is 6.07 Å². The fourth-order valence-corrected chi connectivity index (χ4v) is 3.67. The van der Waals surface area contributed by atoms with Crippen LogP contribution in [0.4, 0.5) is 0 Å². The van der Waals surface area contributed by atoms with Crippen LogP contribution in [0.2, 0.25) is 0 Å². The number of methoxy groups -OCH3 is 4. The van der Waals surface area contributed by atoms with E-state index in [4.69, 9.17) is 18.9 Å². The van der Waals surface area contributed by atoms with Crippen molar-refractivity contribution >= 4 is 21.5 Å². The van der Waals surface area contributed by atoms with Crippen LogP contribution in [0.25, 0.3) is 32.7 Å². The molecule has 0 bridgehead atoms. The number of fused-ring (bicyclic) bond motifs is 2. The van der Waals surface area contributed by atoms with Crippen molar-refractivity contribution in [2.24, 2.45) is 0 Å². The maximum Gasteiger partial charge on any atom is 0.134 e. The van der Waals surface area contributed by atoms with E-state index in [0.717, 1.165) is 55.7 Å². The zero-order valence-corrected chi connectivity index (χ0v) is 16.4. The number of hydrogen-bond donors (Lipinski definition) is 0. The molecule has 0 heterocycles. The Morgan fingerprint density at radius 3 is 1.96 bits per heavy atom. The van der Waals surface area contributed by atoms with Gasteiger partial charge in [0.05, 0.1) is 28.4 Å². The minimum Gasteiger partial charge on any atom is -0.497 e. The van der Waals surface area contributed by atoms with E-state index in [1.807, 2.05) is 54.6 Å². The zero-order chi connectivity index (χ0) is 19.7. The molecule has 0 N–H and O–H groups in total. The molecule has 0 amide bonds. The van der Waals surface area contributed by atoms with Gasteiger partial charge in [0, 0.05) is 21.9 Å². The van der Waals surface area contributed by atoms with Crippen LogP contribution in [-0.4, -0.2) is 28.4 Å². The zero-order valence-electron chi connectivity index (χ0n) is 16.4. The Morgan fingerprint density at radius 2 is 1.29 bits per heavy atom. The molecule has 0 unspecified atom stereocenters. The third kappa shape index (κ3) is 2.87. The van der Waals surface area contributed by atoms with E-state index in [9.17, 15) is 0 Å². The Hall–Kier alpha value is -3.40. The summed E-state index contributed by atoms with van der Waals surface area (Å²) in [7, 11) is 6.71. The minimum atomic E-state index is 0.761. The molecule has 4 nitrogen and oxygen atoms in total. The molecule has 0 fully saturated rings. The summed E-state index contributed by atoms with van der Waals surface area (Å²) in [6.45, 7) is 0. The first-order chi connectivity index (χ1) is 13.7. The quantitative estimate of drug-likeness (QED) is 0.449. The van der Waals surface area contributed by atoms with Crippen molar-refractivity contribution < 1.29 is 18.9 Å². The molecule has 0 aliphatic heterocycles. The first kappa shape index (κ1) is 18.0. The summed E-state index contributed by atoms with van der Waals surface area (Å²) < 4.78 is 22.6. The van der Waals surface area contributed by atoms with E-state index >= 15 is 0 Å². The van der Waals surface area contributed by atoms with Gasteiger partial charge in [-0.15, -0.1) is 0 Å². The van der Waals surface area contributed by atoms with Gasteiger partial charge >= 0.3 is 0 Å². The summed E-state index contributed by atoms with van der Waals surface area (Å²) in [4.78, 5) is 0. The molecule has 4 rings (SSSR count).